The number of aromatic nitrogens is 6. The van der Waals surface area contributed by atoms with Gasteiger partial charge in [0.25, 0.3) is 5.91 Å². The summed E-state index contributed by atoms with van der Waals surface area (Å²) in [6.45, 7) is 0. The molecule has 29 heavy (non-hydrogen) atoms. The lowest BCUT2D eigenvalue weighted by Gasteiger charge is -2.06. The number of anilines is 1. The first-order valence-corrected chi connectivity index (χ1v) is 9.58. The molecule has 0 saturated heterocycles. The largest absolute Gasteiger partial charge is 0.304 e. The molecule has 3 aromatic heterocycles. The molecule has 9 heteroatoms. The number of rotatable bonds is 4. The van der Waals surface area contributed by atoms with Gasteiger partial charge in [0, 0.05) is 23.1 Å². The standard InChI is InChI=1S/C20H14BrN7O/c21-14-5-1-2-7-16(14)28-12-13(11-23-28)20(29)24-19-18-15(25-26-19)6-3-8-17(18)27-10-4-9-22-27/h1-12H,(H2,24,25,26,29). The van der Waals surface area contributed by atoms with E-state index in [1.165, 1.54) is 6.20 Å². The first-order valence-electron chi connectivity index (χ1n) is 8.79. The Labute approximate surface area is 173 Å². The molecule has 0 aliphatic heterocycles. The molecule has 5 aromatic rings. The molecular weight excluding hydrogens is 434 g/mol. The highest BCUT2D eigenvalue weighted by Gasteiger charge is 2.17. The third-order valence-electron chi connectivity index (χ3n) is 4.49. The minimum atomic E-state index is -0.299. The molecule has 0 atom stereocenters. The lowest BCUT2D eigenvalue weighted by molar-refractivity contribution is 0.102. The maximum Gasteiger partial charge on any atom is 0.260 e. The molecule has 0 saturated carbocycles. The number of hydrogen-bond acceptors (Lipinski definition) is 4. The third-order valence-corrected chi connectivity index (χ3v) is 5.17. The van der Waals surface area contributed by atoms with Crippen molar-refractivity contribution in [1.29, 1.82) is 0 Å². The molecular formula is C20H14BrN7O. The summed E-state index contributed by atoms with van der Waals surface area (Å²) in [6.07, 6.45) is 6.75. The van der Waals surface area contributed by atoms with Gasteiger partial charge in [0.15, 0.2) is 5.82 Å². The Bertz CT molecular complexity index is 1320. The molecule has 0 spiro atoms. The number of fused-ring (bicyclic) bond motifs is 1. The summed E-state index contributed by atoms with van der Waals surface area (Å²) in [5, 5.41) is 19.5. The van der Waals surface area contributed by atoms with E-state index in [2.05, 4.69) is 41.6 Å². The van der Waals surface area contributed by atoms with Gasteiger partial charge in [0.05, 0.1) is 34.0 Å². The van der Waals surface area contributed by atoms with Crippen LogP contribution in [0.25, 0.3) is 22.3 Å². The van der Waals surface area contributed by atoms with Crippen molar-refractivity contribution < 1.29 is 4.79 Å². The van der Waals surface area contributed by atoms with E-state index in [9.17, 15) is 4.79 Å². The molecule has 1 amide bonds. The number of carbonyl (C=O) groups is 1. The fourth-order valence-corrected chi connectivity index (χ4v) is 3.60. The second kappa shape index (κ2) is 7.02. The van der Waals surface area contributed by atoms with Crippen molar-refractivity contribution in [3.63, 3.8) is 0 Å². The quantitative estimate of drug-likeness (QED) is 0.436. The molecule has 0 aliphatic carbocycles. The molecule has 3 heterocycles. The van der Waals surface area contributed by atoms with Crippen molar-refractivity contribution in [3.8, 4) is 11.4 Å². The van der Waals surface area contributed by atoms with E-state index in [1.54, 1.807) is 21.8 Å². The van der Waals surface area contributed by atoms with Gasteiger partial charge >= 0.3 is 0 Å². The molecule has 0 fully saturated rings. The smallest absolute Gasteiger partial charge is 0.260 e. The highest BCUT2D eigenvalue weighted by molar-refractivity contribution is 9.10. The van der Waals surface area contributed by atoms with Crippen LogP contribution in [0.15, 0.2) is 77.8 Å². The van der Waals surface area contributed by atoms with Crippen molar-refractivity contribution in [2.75, 3.05) is 5.32 Å². The Morgan fingerprint density at radius 2 is 1.86 bits per heavy atom. The summed E-state index contributed by atoms with van der Waals surface area (Å²) in [5.41, 5.74) is 2.89. The molecule has 142 valence electrons. The van der Waals surface area contributed by atoms with E-state index < -0.39 is 0 Å². The van der Waals surface area contributed by atoms with Crippen LogP contribution >= 0.6 is 15.9 Å². The molecule has 0 unspecified atom stereocenters. The number of para-hydroxylation sites is 1. The zero-order chi connectivity index (χ0) is 19.8. The Morgan fingerprint density at radius 1 is 1.00 bits per heavy atom. The maximum absolute atomic E-state index is 12.8. The van der Waals surface area contributed by atoms with E-state index in [1.807, 2.05) is 54.7 Å². The number of aromatic amines is 1. The summed E-state index contributed by atoms with van der Waals surface area (Å²) in [4.78, 5) is 12.8. The van der Waals surface area contributed by atoms with Crippen molar-refractivity contribution in [2.24, 2.45) is 0 Å². The molecule has 2 N–H and O–H groups in total. The van der Waals surface area contributed by atoms with Gasteiger partial charge in [-0.25, -0.2) is 9.36 Å². The first-order chi connectivity index (χ1) is 14.2. The Hall–Kier alpha value is -3.72. The number of amides is 1. The monoisotopic (exact) mass is 447 g/mol. The summed E-state index contributed by atoms with van der Waals surface area (Å²) in [6, 6.07) is 15.2. The van der Waals surface area contributed by atoms with Crippen LogP contribution in [0.2, 0.25) is 0 Å². The molecule has 0 bridgehead atoms. The number of hydrogen-bond donors (Lipinski definition) is 2. The predicted molar refractivity (Wildman–Crippen MR) is 112 cm³/mol. The summed E-state index contributed by atoms with van der Waals surface area (Å²) in [5.74, 6) is 0.136. The molecule has 0 radical (unpaired) electrons. The van der Waals surface area contributed by atoms with Crippen LogP contribution in [0.1, 0.15) is 10.4 Å². The lowest BCUT2D eigenvalue weighted by atomic mass is 10.2. The number of nitrogens with zero attached hydrogens (tertiary/aromatic N) is 5. The number of halogens is 1. The SMILES string of the molecule is O=C(Nc1n[nH]c2cccc(-n3cccn3)c12)c1cnn(-c2ccccc2Br)c1. The number of carbonyl (C=O) groups excluding carboxylic acids is 1. The highest BCUT2D eigenvalue weighted by Crippen LogP contribution is 2.27. The first kappa shape index (κ1) is 17.4. The predicted octanol–water partition coefficient (Wildman–Crippen LogP) is 3.95. The van der Waals surface area contributed by atoms with Gasteiger partial charge in [-0.05, 0) is 46.3 Å². The Kier molecular flexibility index (Phi) is 4.21. The summed E-state index contributed by atoms with van der Waals surface area (Å²) in [7, 11) is 0. The topological polar surface area (TPSA) is 93.4 Å². The minimum absolute atomic E-state index is 0.299. The summed E-state index contributed by atoms with van der Waals surface area (Å²) < 4.78 is 4.27. The Morgan fingerprint density at radius 3 is 2.69 bits per heavy atom. The van der Waals surface area contributed by atoms with Crippen LogP contribution < -0.4 is 5.32 Å². The van der Waals surface area contributed by atoms with Crippen molar-refractivity contribution in [3.05, 3.63) is 83.4 Å². The van der Waals surface area contributed by atoms with E-state index in [-0.39, 0.29) is 5.91 Å². The lowest BCUT2D eigenvalue weighted by Crippen LogP contribution is -2.12. The second-order valence-corrected chi connectivity index (χ2v) is 7.16. The van der Waals surface area contributed by atoms with E-state index in [0.717, 1.165) is 26.8 Å². The van der Waals surface area contributed by atoms with E-state index >= 15 is 0 Å². The zero-order valence-electron chi connectivity index (χ0n) is 15.0. The minimum Gasteiger partial charge on any atom is -0.304 e. The van der Waals surface area contributed by atoms with E-state index in [0.29, 0.717) is 11.4 Å². The Balaban J connectivity index is 1.48. The van der Waals surface area contributed by atoms with Gasteiger partial charge in [-0.3, -0.25) is 9.89 Å². The van der Waals surface area contributed by atoms with Gasteiger partial charge in [-0.2, -0.15) is 15.3 Å². The van der Waals surface area contributed by atoms with Crippen LogP contribution in [0.5, 0.6) is 0 Å². The average molecular weight is 448 g/mol. The highest BCUT2D eigenvalue weighted by atomic mass is 79.9. The number of benzene rings is 2. The normalized spacial score (nSPS) is 11.1. The van der Waals surface area contributed by atoms with Gasteiger partial charge in [0.2, 0.25) is 0 Å². The van der Waals surface area contributed by atoms with Crippen LogP contribution in [0, 0.1) is 0 Å². The second-order valence-electron chi connectivity index (χ2n) is 6.30. The average Bonchev–Trinajstić information content (AvgIpc) is 3.49. The number of nitrogens with one attached hydrogen (secondary N) is 2. The maximum atomic E-state index is 12.8. The van der Waals surface area contributed by atoms with Crippen LogP contribution in [0.3, 0.4) is 0 Å². The van der Waals surface area contributed by atoms with Gasteiger partial charge in [0.1, 0.15) is 0 Å². The molecule has 0 aliphatic rings. The van der Waals surface area contributed by atoms with Gasteiger partial charge in [-0.1, -0.05) is 18.2 Å². The van der Waals surface area contributed by atoms with Crippen molar-refractivity contribution >= 4 is 38.6 Å². The van der Waals surface area contributed by atoms with Crippen LogP contribution in [0.4, 0.5) is 5.82 Å². The fourth-order valence-electron chi connectivity index (χ4n) is 3.14. The molecule has 8 nitrogen and oxygen atoms in total. The van der Waals surface area contributed by atoms with Gasteiger partial charge < -0.3 is 5.32 Å². The molecule has 5 rings (SSSR count). The fraction of sp³-hybridized carbons (Fsp3) is 0. The zero-order valence-corrected chi connectivity index (χ0v) is 16.5. The number of H-pyrrole nitrogens is 1. The van der Waals surface area contributed by atoms with Crippen LogP contribution in [-0.2, 0) is 0 Å². The molecule has 2 aromatic carbocycles. The summed E-state index contributed by atoms with van der Waals surface area (Å²) >= 11 is 3.50. The van der Waals surface area contributed by atoms with Crippen LogP contribution in [-0.4, -0.2) is 35.7 Å². The third kappa shape index (κ3) is 3.11. The van der Waals surface area contributed by atoms with E-state index in [4.69, 9.17) is 0 Å². The van der Waals surface area contributed by atoms with Gasteiger partial charge in [-0.15, -0.1) is 0 Å². The van der Waals surface area contributed by atoms with Crippen molar-refractivity contribution in [1.82, 2.24) is 29.8 Å². The van der Waals surface area contributed by atoms with Crippen molar-refractivity contribution in [2.45, 2.75) is 0 Å².